The largest absolute Gasteiger partial charge is 0.496 e. The number of anilines is 1. The van der Waals surface area contributed by atoms with Crippen LogP contribution in [0.2, 0.25) is 0 Å². The summed E-state index contributed by atoms with van der Waals surface area (Å²) in [5, 5.41) is 6.29. The Labute approximate surface area is 149 Å². The first kappa shape index (κ1) is 19.3. The summed E-state index contributed by atoms with van der Waals surface area (Å²) in [6, 6.07) is 3.45. The molecule has 0 saturated carbocycles. The van der Waals surface area contributed by atoms with Crippen LogP contribution >= 0.6 is 0 Å². The molecule has 1 aromatic rings. The maximum Gasteiger partial charge on any atom is 0.224 e. The summed E-state index contributed by atoms with van der Waals surface area (Å²) >= 11 is 0. The Kier molecular flexibility index (Phi) is 7.81. The van der Waals surface area contributed by atoms with Gasteiger partial charge in [-0.05, 0) is 32.5 Å². The fourth-order valence-electron chi connectivity index (χ4n) is 2.92. The number of nitrogens with zero attached hydrogens (tertiary/aromatic N) is 1. The molecule has 1 aliphatic heterocycles. The van der Waals surface area contributed by atoms with E-state index in [4.69, 9.17) is 14.2 Å². The molecular weight excluding hydrogens is 322 g/mol. The Morgan fingerprint density at radius 1 is 1.12 bits per heavy atom. The summed E-state index contributed by atoms with van der Waals surface area (Å²) in [7, 11) is 4.68. The highest BCUT2D eigenvalue weighted by molar-refractivity contribution is 5.94. The number of amides is 1. The lowest BCUT2D eigenvalue weighted by Crippen LogP contribution is -2.29. The summed E-state index contributed by atoms with van der Waals surface area (Å²) < 4.78 is 15.9. The zero-order valence-electron chi connectivity index (χ0n) is 15.4. The summed E-state index contributed by atoms with van der Waals surface area (Å²) in [5.41, 5.74) is 0.537. The zero-order valence-corrected chi connectivity index (χ0v) is 15.4. The number of hydrogen-bond acceptors (Lipinski definition) is 6. The first-order chi connectivity index (χ1) is 12.2. The Hall–Kier alpha value is -1.99. The smallest absolute Gasteiger partial charge is 0.224 e. The van der Waals surface area contributed by atoms with Gasteiger partial charge in [-0.15, -0.1) is 0 Å². The van der Waals surface area contributed by atoms with Crippen molar-refractivity contribution in [2.75, 3.05) is 59.4 Å². The van der Waals surface area contributed by atoms with Gasteiger partial charge in [0.25, 0.3) is 0 Å². The van der Waals surface area contributed by atoms with Crippen LogP contribution in [0.1, 0.15) is 19.3 Å². The van der Waals surface area contributed by atoms with Gasteiger partial charge >= 0.3 is 0 Å². The first-order valence-electron chi connectivity index (χ1n) is 8.71. The molecule has 7 heteroatoms. The lowest BCUT2D eigenvalue weighted by Gasteiger charge is -2.19. The highest BCUT2D eigenvalue weighted by Crippen LogP contribution is 2.38. The van der Waals surface area contributed by atoms with Gasteiger partial charge < -0.3 is 29.7 Å². The third kappa shape index (κ3) is 5.79. The second-order valence-electron chi connectivity index (χ2n) is 6.00. The van der Waals surface area contributed by atoms with Crippen molar-refractivity contribution in [3.8, 4) is 17.2 Å². The lowest BCUT2D eigenvalue weighted by molar-refractivity contribution is -0.116. The molecular formula is C18H29N3O4. The predicted octanol–water partition coefficient (Wildman–Crippen LogP) is 1.73. The van der Waals surface area contributed by atoms with Crippen LogP contribution < -0.4 is 24.8 Å². The van der Waals surface area contributed by atoms with Crippen LogP contribution in [0, 0.1) is 0 Å². The minimum Gasteiger partial charge on any atom is -0.496 e. The molecule has 1 saturated heterocycles. The van der Waals surface area contributed by atoms with Crippen LogP contribution in [0.4, 0.5) is 5.69 Å². The predicted molar refractivity (Wildman–Crippen MR) is 97.9 cm³/mol. The van der Waals surface area contributed by atoms with Crippen molar-refractivity contribution >= 4 is 11.6 Å². The van der Waals surface area contributed by atoms with Crippen molar-refractivity contribution in [3.05, 3.63) is 12.1 Å². The van der Waals surface area contributed by atoms with Gasteiger partial charge in [-0.1, -0.05) is 0 Å². The number of carbonyl (C=O) groups is 1. The van der Waals surface area contributed by atoms with Gasteiger partial charge in [0.15, 0.2) is 0 Å². The van der Waals surface area contributed by atoms with Gasteiger partial charge in [-0.3, -0.25) is 4.79 Å². The quantitative estimate of drug-likeness (QED) is 0.743. The number of nitrogens with one attached hydrogen (secondary N) is 2. The molecule has 0 aromatic heterocycles. The molecule has 1 aromatic carbocycles. The highest BCUT2D eigenvalue weighted by Gasteiger charge is 2.16. The minimum absolute atomic E-state index is 0.0466. The molecule has 0 aliphatic carbocycles. The SMILES string of the molecule is COc1cc(OC)c(NC(=O)CCCN2CCCNCC2)c(OC)c1. The number of benzene rings is 1. The number of ether oxygens (including phenoxy) is 3. The molecule has 0 atom stereocenters. The van der Waals surface area contributed by atoms with E-state index in [2.05, 4.69) is 15.5 Å². The third-order valence-electron chi connectivity index (χ3n) is 4.29. The van der Waals surface area contributed by atoms with E-state index in [-0.39, 0.29) is 5.91 Å². The molecule has 0 spiro atoms. The molecule has 0 unspecified atom stereocenters. The molecule has 2 rings (SSSR count). The fraction of sp³-hybridized carbons (Fsp3) is 0.611. The number of hydrogen-bond donors (Lipinski definition) is 2. The maximum absolute atomic E-state index is 12.3. The molecule has 1 fully saturated rings. The fourth-order valence-corrected chi connectivity index (χ4v) is 2.92. The average Bonchev–Trinajstić information content (AvgIpc) is 2.90. The van der Waals surface area contributed by atoms with Gasteiger partial charge in [-0.2, -0.15) is 0 Å². The van der Waals surface area contributed by atoms with Crippen LogP contribution in [0.15, 0.2) is 12.1 Å². The lowest BCUT2D eigenvalue weighted by atomic mass is 10.2. The normalized spacial score (nSPS) is 15.3. The van der Waals surface area contributed by atoms with Crippen molar-refractivity contribution in [2.24, 2.45) is 0 Å². The molecule has 140 valence electrons. The number of carbonyl (C=O) groups excluding carboxylic acids is 1. The second-order valence-corrected chi connectivity index (χ2v) is 6.00. The molecule has 0 bridgehead atoms. The third-order valence-corrected chi connectivity index (χ3v) is 4.29. The Morgan fingerprint density at radius 2 is 1.84 bits per heavy atom. The molecule has 25 heavy (non-hydrogen) atoms. The van der Waals surface area contributed by atoms with E-state index >= 15 is 0 Å². The van der Waals surface area contributed by atoms with Gasteiger partial charge in [0.2, 0.25) is 5.91 Å². The first-order valence-corrected chi connectivity index (χ1v) is 8.71. The van der Waals surface area contributed by atoms with Crippen molar-refractivity contribution in [3.63, 3.8) is 0 Å². The van der Waals surface area contributed by atoms with E-state index in [1.807, 2.05) is 0 Å². The van der Waals surface area contributed by atoms with E-state index in [9.17, 15) is 4.79 Å². The van der Waals surface area contributed by atoms with Gasteiger partial charge in [-0.25, -0.2) is 0 Å². The molecule has 1 amide bonds. The number of rotatable bonds is 8. The van der Waals surface area contributed by atoms with Crippen LogP contribution in [0.25, 0.3) is 0 Å². The van der Waals surface area contributed by atoms with Crippen molar-refractivity contribution in [2.45, 2.75) is 19.3 Å². The van der Waals surface area contributed by atoms with Crippen LogP contribution in [0.3, 0.4) is 0 Å². The Bertz CT molecular complexity index is 532. The van der Waals surface area contributed by atoms with Gasteiger partial charge in [0.1, 0.15) is 22.9 Å². The van der Waals surface area contributed by atoms with Gasteiger partial charge in [0, 0.05) is 31.6 Å². The highest BCUT2D eigenvalue weighted by atomic mass is 16.5. The standard InChI is InChI=1S/C18H29N3O4/c1-23-14-12-15(24-2)18(16(13-14)25-3)20-17(22)6-4-9-21-10-5-7-19-8-11-21/h12-13,19H,4-11H2,1-3H3,(H,20,22). The maximum atomic E-state index is 12.3. The summed E-state index contributed by atoms with van der Waals surface area (Å²) in [6.07, 6.45) is 2.45. The molecule has 0 radical (unpaired) electrons. The Balaban J connectivity index is 1.91. The van der Waals surface area contributed by atoms with E-state index in [1.54, 1.807) is 33.5 Å². The molecule has 7 nitrogen and oxygen atoms in total. The van der Waals surface area contributed by atoms with Crippen LogP contribution in [-0.2, 0) is 4.79 Å². The summed E-state index contributed by atoms with van der Waals surface area (Å²) in [5.74, 6) is 1.60. The van der Waals surface area contributed by atoms with Crippen molar-refractivity contribution < 1.29 is 19.0 Å². The van der Waals surface area contributed by atoms with Crippen LogP contribution in [0.5, 0.6) is 17.2 Å². The monoisotopic (exact) mass is 351 g/mol. The summed E-state index contributed by atoms with van der Waals surface area (Å²) in [6.45, 7) is 5.17. The van der Waals surface area contributed by atoms with E-state index in [0.29, 0.717) is 29.4 Å². The molecule has 2 N–H and O–H groups in total. The van der Waals surface area contributed by atoms with E-state index in [0.717, 1.165) is 45.6 Å². The topological polar surface area (TPSA) is 72.1 Å². The van der Waals surface area contributed by atoms with Crippen molar-refractivity contribution in [1.82, 2.24) is 10.2 Å². The van der Waals surface area contributed by atoms with E-state index < -0.39 is 0 Å². The van der Waals surface area contributed by atoms with Gasteiger partial charge in [0.05, 0.1) is 21.3 Å². The van der Waals surface area contributed by atoms with Crippen LogP contribution in [-0.4, -0.2) is 64.9 Å². The summed E-state index contributed by atoms with van der Waals surface area (Å²) in [4.78, 5) is 14.7. The minimum atomic E-state index is -0.0466. The Morgan fingerprint density at radius 3 is 2.48 bits per heavy atom. The average molecular weight is 351 g/mol. The second kappa shape index (κ2) is 10.1. The van der Waals surface area contributed by atoms with E-state index in [1.165, 1.54) is 0 Å². The molecule has 1 aliphatic rings. The zero-order chi connectivity index (χ0) is 18.1. The number of methoxy groups -OCH3 is 3. The molecule has 1 heterocycles. The van der Waals surface area contributed by atoms with Crippen molar-refractivity contribution in [1.29, 1.82) is 0 Å².